The van der Waals surface area contributed by atoms with E-state index in [0.29, 0.717) is 19.0 Å². The molecule has 0 aliphatic carbocycles. The van der Waals surface area contributed by atoms with Gasteiger partial charge in [0.2, 0.25) is 5.91 Å². The van der Waals surface area contributed by atoms with E-state index in [4.69, 9.17) is 5.73 Å². The van der Waals surface area contributed by atoms with Gasteiger partial charge >= 0.3 is 0 Å². The van der Waals surface area contributed by atoms with Crippen LogP contribution in [0.4, 0.5) is 5.82 Å². The van der Waals surface area contributed by atoms with E-state index in [-0.39, 0.29) is 11.8 Å². The molecule has 1 saturated heterocycles. The summed E-state index contributed by atoms with van der Waals surface area (Å²) in [7, 11) is 1.77. The van der Waals surface area contributed by atoms with E-state index < -0.39 is 0 Å². The molecule has 1 amide bonds. The highest BCUT2D eigenvalue weighted by Gasteiger charge is 2.26. The lowest BCUT2D eigenvalue weighted by molar-refractivity contribution is -0.122. The number of anilines is 1. The number of thiophene rings is 1. The van der Waals surface area contributed by atoms with Crippen molar-refractivity contribution >= 4 is 29.0 Å². The maximum atomic E-state index is 11.6. The van der Waals surface area contributed by atoms with E-state index in [1.165, 1.54) is 5.56 Å². The number of hydrogen-bond donors (Lipinski definition) is 3. The van der Waals surface area contributed by atoms with Gasteiger partial charge in [0.15, 0.2) is 5.96 Å². The molecule has 3 heterocycles. The summed E-state index contributed by atoms with van der Waals surface area (Å²) in [4.78, 5) is 22.7. The minimum atomic E-state index is -0.227. The van der Waals surface area contributed by atoms with Crippen LogP contribution < -0.4 is 21.3 Å². The number of carbonyl (C=O) groups excluding carboxylic acids is 1. The molecule has 0 radical (unpaired) electrons. The lowest BCUT2D eigenvalue weighted by Gasteiger charge is -2.33. The minimum absolute atomic E-state index is 0.111. The molecule has 1 fully saturated rings. The van der Waals surface area contributed by atoms with Crippen molar-refractivity contribution in [1.82, 2.24) is 15.6 Å². The molecule has 1 aliphatic heterocycles. The average Bonchev–Trinajstić information content (AvgIpc) is 3.29. The summed E-state index contributed by atoms with van der Waals surface area (Å²) in [6.45, 7) is 5.13. The average molecular weight is 415 g/mol. The molecule has 8 heteroatoms. The van der Waals surface area contributed by atoms with Crippen molar-refractivity contribution < 1.29 is 4.79 Å². The normalized spacial score (nSPS) is 18.3. The van der Waals surface area contributed by atoms with Crippen LogP contribution in [0.3, 0.4) is 0 Å². The van der Waals surface area contributed by atoms with Crippen LogP contribution in [0, 0.1) is 5.92 Å². The second-order valence-corrected chi connectivity index (χ2v) is 8.22. The van der Waals surface area contributed by atoms with Crippen molar-refractivity contribution in [2.75, 3.05) is 31.6 Å². The van der Waals surface area contributed by atoms with Crippen molar-refractivity contribution in [1.29, 1.82) is 0 Å². The number of guanidine groups is 1. The lowest BCUT2D eigenvalue weighted by Crippen LogP contribution is -2.42. The quantitative estimate of drug-likeness (QED) is 0.477. The standard InChI is InChI=1S/C21H30N6OS/c1-15(18-7-10-29-14-18)11-25-21(23-2)26-12-16-5-3-8-24-20(16)27-9-4-6-17(13-27)19(22)28/h3,5,7-8,10,14-15,17H,4,6,9,11-13H2,1-2H3,(H2,22,28)(H2,23,25,26). The molecule has 2 atom stereocenters. The van der Waals surface area contributed by atoms with Gasteiger partial charge in [-0.1, -0.05) is 13.0 Å². The van der Waals surface area contributed by atoms with Crippen molar-refractivity contribution in [3.8, 4) is 0 Å². The Morgan fingerprint density at radius 2 is 2.31 bits per heavy atom. The fourth-order valence-corrected chi connectivity index (χ4v) is 4.36. The molecule has 0 bridgehead atoms. The number of pyridine rings is 1. The first-order chi connectivity index (χ1) is 14.1. The molecule has 2 aromatic rings. The third kappa shape index (κ3) is 5.69. The fraction of sp³-hybridized carbons (Fsp3) is 0.476. The number of aromatic nitrogens is 1. The van der Waals surface area contributed by atoms with E-state index >= 15 is 0 Å². The summed E-state index contributed by atoms with van der Waals surface area (Å²) in [5.41, 5.74) is 7.94. The number of nitrogens with one attached hydrogen (secondary N) is 2. The number of piperidine rings is 1. The molecule has 2 aromatic heterocycles. The molecule has 0 spiro atoms. The van der Waals surface area contributed by atoms with Gasteiger partial charge in [-0.05, 0) is 47.2 Å². The summed E-state index contributed by atoms with van der Waals surface area (Å²) in [6, 6.07) is 6.16. The predicted molar refractivity (Wildman–Crippen MR) is 119 cm³/mol. The highest BCUT2D eigenvalue weighted by molar-refractivity contribution is 7.07. The molecular formula is C21H30N6OS. The van der Waals surface area contributed by atoms with Crippen LogP contribution >= 0.6 is 11.3 Å². The molecule has 3 rings (SSSR count). The number of nitrogens with zero attached hydrogens (tertiary/aromatic N) is 3. The SMILES string of the molecule is CN=C(NCc1cccnc1N1CCCC(C(N)=O)C1)NCC(C)c1ccsc1. The van der Waals surface area contributed by atoms with Gasteiger partial charge in [0.1, 0.15) is 5.82 Å². The number of carbonyl (C=O) groups is 1. The molecule has 4 N–H and O–H groups in total. The van der Waals surface area contributed by atoms with E-state index in [1.54, 1.807) is 24.6 Å². The van der Waals surface area contributed by atoms with Gasteiger partial charge in [0, 0.05) is 45.0 Å². The zero-order valence-corrected chi connectivity index (χ0v) is 17.9. The maximum absolute atomic E-state index is 11.6. The molecule has 0 aromatic carbocycles. The molecular weight excluding hydrogens is 384 g/mol. The molecule has 156 valence electrons. The number of amides is 1. The summed E-state index contributed by atoms with van der Waals surface area (Å²) in [5.74, 6) is 1.74. The first kappa shape index (κ1) is 21.1. The molecule has 1 aliphatic rings. The third-order valence-electron chi connectivity index (χ3n) is 5.35. The molecule has 29 heavy (non-hydrogen) atoms. The Bertz CT molecular complexity index is 822. The van der Waals surface area contributed by atoms with E-state index in [2.05, 4.69) is 55.3 Å². The third-order valence-corrected chi connectivity index (χ3v) is 6.05. The van der Waals surface area contributed by atoms with Crippen LogP contribution in [0.2, 0.25) is 0 Å². The van der Waals surface area contributed by atoms with Crippen molar-refractivity contribution in [3.63, 3.8) is 0 Å². The van der Waals surface area contributed by atoms with Crippen LogP contribution in [0.5, 0.6) is 0 Å². The Balaban J connectivity index is 1.59. The first-order valence-electron chi connectivity index (χ1n) is 10.0. The van der Waals surface area contributed by atoms with Gasteiger partial charge in [-0.25, -0.2) is 4.98 Å². The van der Waals surface area contributed by atoms with Crippen LogP contribution in [-0.4, -0.2) is 43.5 Å². The monoisotopic (exact) mass is 414 g/mol. The van der Waals surface area contributed by atoms with Gasteiger partial charge in [-0.3, -0.25) is 9.79 Å². The van der Waals surface area contributed by atoms with Gasteiger partial charge < -0.3 is 21.3 Å². The lowest BCUT2D eigenvalue weighted by atomic mass is 9.97. The zero-order chi connectivity index (χ0) is 20.6. The highest BCUT2D eigenvalue weighted by Crippen LogP contribution is 2.24. The number of hydrogen-bond acceptors (Lipinski definition) is 5. The van der Waals surface area contributed by atoms with Crippen molar-refractivity contribution in [3.05, 3.63) is 46.3 Å². The van der Waals surface area contributed by atoms with E-state index in [1.807, 2.05) is 6.07 Å². The maximum Gasteiger partial charge on any atom is 0.222 e. The Morgan fingerprint density at radius 3 is 3.03 bits per heavy atom. The molecule has 0 saturated carbocycles. The summed E-state index contributed by atoms with van der Waals surface area (Å²) in [6.07, 6.45) is 3.59. The number of nitrogens with two attached hydrogens (primary N) is 1. The van der Waals surface area contributed by atoms with Crippen LogP contribution in [0.1, 0.15) is 36.8 Å². The van der Waals surface area contributed by atoms with Gasteiger partial charge in [-0.15, -0.1) is 0 Å². The Morgan fingerprint density at radius 1 is 1.45 bits per heavy atom. The van der Waals surface area contributed by atoms with Crippen molar-refractivity contribution in [2.24, 2.45) is 16.6 Å². The van der Waals surface area contributed by atoms with Crippen LogP contribution in [0.15, 0.2) is 40.1 Å². The second kappa shape index (κ2) is 10.2. The predicted octanol–water partition coefficient (Wildman–Crippen LogP) is 2.31. The van der Waals surface area contributed by atoms with Crippen LogP contribution in [0.25, 0.3) is 0 Å². The Hall–Kier alpha value is -2.61. The molecule has 7 nitrogen and oxygen atoms in total. The minimum Gasteiger partial charge on any atom is -0.369 e. The second-order valence-electron chi connectivity index (χ2n) is 7.44. The summed E-state index contributed by atoms with van der Waals surface area (Å²) in [5, 5.41) is 11.1. The topological polar surface area (TPSA) is 95.6 Å². The highest BCUT2D eigenvalue weighted by atomic mass is 32.1. The van der Waals surface area contributed by atoms with E-state index in [0.717, 1.165) is 43.3 Å². The van der Waals surface area contributed by atoms with Gasteiger partial charge in [0.05, 0.1) is 5.92 Å². The summed E-state index contributed by atoms with van der Waals surface area (Å²) >= 11 is 1.72. The molecule has 2 unspecified atom stereocenters. The largest absolute Gasteiger partial charge is 0.369 e. The van der Waals surface area contributed by atoms with Gasteiger partial charge in [0.25, 0.3) is 0 Å². The smallest absolute Gasteiger partial charge is 0.222 e. The van der Waals surface area contributed by atoms with E-state index in [9.17, 15) is 4.79 Å². The van der Waals surface area contributed by atoms with Crippen LogP contribution in [-0.2, 0) is 11.3 Å². The first-order valence-corrected chi connectivity index (χ1v) is 11.0. The number of primary amides is 1. The Kier molecular flexibility index (Phi) is 7.46. The zero-order valence-electron chi connectivity index (χ0n) is 17.1. The summed E-state index contributed by atoms with van der Waals surface area (Å²) < 4.78 is 0. The van der Waals surface area contributed by atoms with Gasteiger partial charge in [-0.2, -0.15) is 11.3 Å². The fourth-order valence-electron chi connectivity index (χ4n) is 3.58. The number of aliphatic imine (C=N–C) groups is 1. The van der Waals surface area contributed by atoms with Crippen molar-refractivity contribution in [2.45, 2.75) is 32.2 Å². The number of rotatable bonds is 7. The Labute approximate surface area is 176 Å².